The Hall–Kier alpha value is -1.78. The number of amidine groups is 1. The lowest BCUT2D eigenvalue weighted by Crippen LogP contribution is -2.28. The first-order valence-electron chi connectivity index (χ1n) is 6.31. The molecule has 1 aromatic heterocycles. The summed E-state index contributed by atoms with van der Waals surface area (Å²) in [4.78, 5) is 6.35. The number of pyridine rings is 1. The van der Waals surface area contributed by atoms with Crippen LogP contribution in [-0.2, 0) is 0 Å². The molecular formula is C13H22N4O. The van der Waals surface area contributed by atoms with Crippen LogP contribution in [0.1, 0.15) is 32.9 Å². The third-order valence-corrected chi connectivity index (χ3v) is 3.09. The van der Waals surface area contributed by atoms with Crippen LogP contribution in [0.3, 0.4) is 0 Å². The van der Waals surface area contributed by atoms with Crippen LogP contribution < -0.4 is 10.6 Å². The maximum Gasteiger partial charge on any atom is 0.188 e. The van der Waals surface area contributed by atoms with E-state index in [0.717, 1.165) is 25.2 Å². The average molecular weight is 250 g/mol. The molecule has 5 nitrogen and oxygen atoms in total. The van der Waals surface area contributed by atoms with E-state index in [1.807, 2.05) is 12.1 Å². The zero-order valence-electron chi connectivity index (χ0n) is 11.3. The van der Waals surface area contributed by atoms with E-state index in [4.69, 9.17) is 10.9 Å². The molecule has 5 heteroatoms. The molecule has 18 heavy (non-hydrogen) atoms. The summed E-state index contributed by atoms with van der Waals surface area (Å²) in [6.07, 6.45) is 2.83. The zero-order valence-corrected chi connectivity index (χ0v) is 11.3. The van der Waals surface area contributed by atoms with Gasteiger partial charge in [0.2, 0.25) is 0 Å². The highest BCUT2D eigenvalue weighted by Crippen LogP contribution is 2.17. The van der Waals surface area contributed by atoms with Crippen LogP contribution in [0.25, 0.3) is 0 Å². The van der Waals surface area contributed by atoms with E-state index in [1.165, 1.54) is 0 Å². The summed E-state index contributed by atoms with van der Waals surface area (Å²) in [5, 5.41) is 11.6. The predicted octanol–water partition coefficient (Wildman–Crippen LogP) is 2.05. The molecule has 1 aromatic rings. The van der Waals surface area contributed by atoms with Crippen LogP contribution in [0.15, 0.2) is 23.5 Å². The normalized spacial score (nSPS) is 13.4. The molecule has 0 amide bonds. The fraction of sp³-hybridized carbons (Fsp3) is 0.538. The average Bonchev–Trinajstić information content (AvgIpc) is 2.43. The summed E-state index contributed by atoms with van der Waals surface area (Å²) in [6.45, 7) is 8.45. The molecule has 0 aliphatic carbocycles. The van der Waals surface area contributed by atoms with Crippen molar-refractivity contribution in [2.45, 2.75) is 27.2 Å². The number of hydrogen-bond donors (Lipinski definition) is 2. The Kier molecular flexibility index (Phi) is 5.42. The lowest BCUT2D eigenvalue weighted by Gasteiger charge is -2.26. The van der Waals surface area contributed by atoms with Gasteiger partial charge in [-0.05, 0) is 25.0 Å². The SMILES string of the molecule is CCC(C)CN(CC)c1ccnc(C(N)=NO)c1. The Bertz CT molecular complexity index is 406. The van der Waals surface area contributed by atoms with Gasteiger partial charge >= 0.3 is 0 Å². The molecule has 0 aliphatic heterocycles. The highest BCUT2D eigenvalue weighted by Gasteiger charge is 2.10. The number of anilines is 1. The molecule has 1 heterocycles. The van der Waals surface area contributed by atoms with Gasteiger partial charge in [0.15, 0.2) is 5.84 Å². The van der Waals surface area contributed by atoms with E-state index in [0.29, 0.717) is 11.6 Å². The zero-order chi connectivity index (χ0) is 13.5. The van der Waals surface area contributed by atoms with Crippen molar-refractivity contribution >= 4 is 11.5 Å². The van der Waals surface area contributed by atoms with E-state index >= 15 is 0 Å². The second-order valence-corrected chi connectivity index (χ2v) is 4.44. The molecule has 100 valence electrons. The first-order chi connectivity index (χ1) is 8.62. The Labute approximate surface area is 108 Å². The second-order valence-electron chi connectivity index (χ2n) is 4.44. The summed E-state index contributed by atoms with van der Waals surface area (Å²) >= 11 is 0. The molecule has 0 fully saturated rings. The van der Waals surface area contributed by atoms with Crippen molar-refractivity contribution in [3.63, 3.8) is 0 Å². The molecule has 3 N–H and O–H groups in total. The monoisotopic (exact) mass is 250 g/mol. The first-order valence-corrected chi connectivity index (χ1v) is 6.31. The van der Waals surface area contributed by atoms with E-state index in [2.05, 4.69) is 35.8 Å². The van der Waals surface area contributed by atoms with Gasteiger partial charge < -0.3 is 15.8 Å². The Balaban J connectivity index is 2.92. The molecule has 1 rings (SSSR count). The quantitative estimate of drug-likeness (QED) is 0.351. The largest absolute Gasteiger partial charge is 0.409 e. The molecule has 1 atom stereocenters. The van der Waals surface area contributed by atoms with Gasteiger partial charge in [-0.2, -0.15) is 0 Å². The lowest BCUT2D eigenvalue weighted by atomic mass is 10.1. The molecule has 1 unspecified atom stereocenters. The Morgan fingerprint density at radius 3 is 2.83 bits per heavy atom. The number of nitrogens with two attached hydrogens (primary N) is 1. The molecule has 0 bridgehead atoms. The van der Waals surface area contributed by atoms with Gasteiger partial charge in [-0.15, -0.1) is 0 Å². The molecule has 0 radical (unpaired) electrons. The number of aromatic nitrogens is 1. The molecule has 0 aromatic carbocycles. The number of nitrogens with zero attached hydrogens (tertiary/aromatic N) is 3. The topological polar surface area (TPSA) is 74.7 Å². The smallest absolute Gasteiger partial charge is 0.188 e. The van der Waals surface area contributed by atoms with Crippen molar-refractivity contribution < 1.29 is 5.21 Å². The molecule has 0 aliphatic rings. The summed E-state index contributed by atoms with van der Waals surface area (Å²) < 4.78 is 0. The van der Waals surface area contributed by atoms with Gasteiger partial charge in [-0.3, -0.25) is 4.98 Å². The van der Waals surface area contributed by atoms with Crippen molar-refractivity contribution in [1.82, 2.24) is 4.98 Å². The van der Waals surface area contributed by atoms with Crippen LogP contribution in [0, 0.1) is 5.92 Å². The third-order valence-electron chi connectivity index (χ3n) is 3.09. The van der Waals surface area contributed by atoms with E-state index in [9.17, 15) is 0 Å². The summed E-state index contributed by atoms with van der Waals surface area (Å²) in [7, 11) is 0. The standard InChI is InChI=1S/C13H22N4O/c1-4-10(3)9-17(5-2)11-6-7-15-12(8-11)13(14)16-18/h6-8,10,18H,4-5,9H2,1-3H3,(H2,14,16). The van der Waals surface area contributed by atoms with Crippen LogP contribution in [0.2, 0.25) is 0 Å². The van der Waals surface area contributed by atoms with Gasteiger partial charge in [0.1, 0.15) is 5.69 Å². The summed E-state index contributed by atoms with van der Waals surface area (Å²) in [6, 6.07) is 3.79. The van der Waals surface area contributed by atoms with Crippen molar-refractivity contribution in [3.8, 4) is 0 Å². The van der Waals surface area contributed by atoms with Crippen LogP contribution in [0.5, 0.6) is 0 Å². The minimum Gasteiger partial charge on any atom is -0.409 e. The lowest BCUT2D eigenvalue weighted by molar-refractivity contribution is 0.318. The molecule has 0 spiro atoms. The summed E-state index contributed by atoms with van der Waals surface area (Å²) in [5.74, 6) is 0.668. The van der Waals surface area contributed by atoms with E-state index in [1.54, 1.807) is 6.20 Å². The van der Waals surface area contributed by atoms with Gasteiger partial charge in [-0.25, -0.2) is 0 Å². The minimum absolute atomic E-state index is 0.0384. The molecular weight excluding hydrogens is 228 g/mol. The first kappa shape index (κ1) is 14.3. The highest BCUT2D eigenvalue weighted by molar-refractivity contribution is 5.95. The van der Waals surface area contributed by atoms with Crippen molar-refractivity contribution in [2.75, 3.05) is 18.0 Å². The number of hydrogen-bond acceptors (Lipinski definition) is 4. The predicted molar refractivity (Wildman–Crippen MR) is 74.1 cm³/mol. The van der Waals surface area contributed by atoms with Gasteiger partial charge in [0.05, 0.1) is 0 Å². The van der Waals surface area contributed by atoms with Crippen molar-refractivity contribution in [1.29, 1.82) is 0 Å². The maximum atomic E-state index is 8.67. The Morgan fingerprint density at radius 1 is 1.56 bits per heavy atom. The van der Waals surface area contributed by atoms with Crippen molar-refractivity contribution in [2.24, 2.45) is 16.8 Å². The van der Waals surface area contributed by atoms with Crippen LogP contribution >= 0.6 is 0 Å². The third kappa shape index (κ3) is 3.61. The second kappa shape index (κ2) is 6.83. The maximum absolute atomic E-state index is 8.67. The number of oxime groups is 1. The van der Waals surface area contributed by atoms with E-state index in [-0.39, 0.29) is 5.84 Å². The van der Waals surface area contributed by atoms with Crippen LogP contribution in [0.4, 0.5) is 5.69 Å². The van der Waals surface area contributed by atoms with Crippen LogP contribution in [-0.4, -0.2) is 29.1 Å². The Morgan fingerprint density at radius 2 is 2.28 bits per heavy atom. The minimum atomic E-state index is 0.0384. The molecule has 0 saturated heterocycles. The molecule has 0 saturated carbocycles. The highest BCUT2D eigenvalue weighted by atomic mass is 16.4. The van der Waals surface area contributed by atoms with Crippen molar-refractivity contribution in [3.05, 3.63) is 24.0 Å². The fourth-order valence-corrected chi connectivity index (χ4v) is 1.73. The van der Waals surface area contributed by atoms with E-state index < -0.39 is 0 Å². The number of rotatable bonds is 6. The van der Waals surface area contributed by atoms with Gasteiger partial charge in [0, 0.05) is 25.0 Å². The van der Waals surface area contributed by atoms with Gasteiger partial charge in [-0.1, -0.05) is 25.4 Å². The van der Waals surface area contributed by atoms with Gasteiger partial charge in [0.25, 0.3) is 0 Å². The summed E-state index contributed by atoms with van der Waals surface area (Å²) in [5.41, 5.74) is 7.10. The fourth-order valence-electron chi connectivity index (χ4n) is 1.73.